The first-order chi connectivity index (χ1) is 16.8. The molecule has 0 fully saturated rings. The monoisotopic (exact) mass is 506 g/mol. The molecule has 0 saturated carbocycles. The SMILES string of the molecule is COc1ccc(C2C(C(=O)c3cccs3)=C(O)C(=O)N2c2nc3c(C)cc(C)cc3s2)cc1OC. The van der Waals surface area contributed by atoms with E-state index in [4.69, 9.17) is 14.5 Å². The third-order valence-corrected chi connectivity index (χ3v) is 7.82. The second-order valence-corrected chi connectivity index (χ2v) is 10.1. The summed E-state index contributed by atoms with van der Waals surface area (Å²) < 4.78 is 11.8. The molecule has 1 N–H and O–H groups in total. The molecule has 178 valence electrons. The summed E-state index contributed by atoms with van der Waals surface area (Å²) in [5.74, 6) is -0.685. The highest BCUT2D eigenvalue weighted by atomic mass is 32.1. The van der Waals surface area contributed by atoms with Gasteiger partial charge in [0.05, 0.1) is 40.9 Å². The number of aryl methyl sites for hydroxylation is 2. The van der Waals surface area contributed by atoms with Gasteiger partial charge in [-0.1, -0.05) is 29.5 Å². The second-order valence-electron chi connectivity index (χ2n) is 8.19. The Balaban J connectivity index is 1.71. The van der Waals surface area contributed by atoms with Crippen LogP contribution in [-0.4, -0.2) is 36.0 Å². The van der Waals surface area contributed by atoms with Crippen LogP contribution in [0.4, 0.5) is 5.13 Å². The topological polar surface area (TPSA) is 89.0 Å². The Morgan fingerprint density at radius 1 is 1.09 bits per heavy atom. The first-order valence-corrected chi connectivity index (χ1v) is 12.5. The molecule has 0 radical (unpaired) electrons. The van der Waals surface area contributed by atoms with Crippen LogP contribution in [0.3, 0.4) is 0 Å². The van der Waals surface area contributed by atoms with Gasteiger partial charge in [-0.05, 0) is 60.2 Å². The number of nitrogens with zero attached hydrogens (tertiary/aromatic N) is 2. The van der Waals surface area contributed by atoms with E-state index in [0.717, 1.165) is 21.3 Å². The molecule has 2 aromatic carbocycles. The molecule has 35 heavy (non-hydrogen) atoms. The maximum atomic E-state index is 13.5. The van der Waals surface area contributed by atoms with E-state index in [9.17, 15) is 14.7 Å². The van der Waals surface area contributed by atoms with E-state index < -0.39 is 23.5 Å². The first kappa shape index (κ1) is 23.1. The summed E-state index contributed by atoms with van der Waals surface area (Å²) in [5, 5.41) is 13.2. The Morgan fingerprint density at radius 2 is 1.86 bits per heavy atom. The van der Waals surface area contributed by atoms with E-state index in [1.165, 1.54) is 41.8 Å². The molecule has 2 aromatic heterocycles. The third kappa shape index (κ3) is 3.77. The smallest absolute Gasteiger partial charge is 0.296 e. The molecule has 0 bridgehead atoms. The van der Waals surface area contributed by atoms with Gasteiger partial charge in [0.15, 0.2) is 22.4 Å². The number of aliphatic hydroxyl groups is 1. The first-order valence-electron chi connectivity index (χ1n) is 10.8. The molecule has 9 heteroatoms. The van der Waals surface area contributed by atoms with Gasteiger partial charge >= 0.3 is 0 Å². The standard InChI is InChI=1S/C26H22N2O5S2/c1-13-10-14(2)21-19(11-13)35-26(27-21)28-22(15-7-8-16(32-3)17(12-15)33-4)20(24(30)25(28)31)23(29)18-6-5-9-34-18/h5-12,22,30H,1-4H3. The fourth-order valence-corrected chi connectivity index (χ4v) is 6.22. The largest absolute Gasteiger partial charge is 0.503 e. The molecule has 5 rings (SSSR count). The number of benzene rings is 2. The number of methoxy groups -OCH3 is 2. The average molecular weight is 507 g/mol. The maximum absolute atomic E-state index is 13.5. The summed E-state index contributed by atoms with van der Waals surface area (Å²) in [4.78, 5) is 33.6. The number of carbonyl (C=O) groups excluding carboxylic acids is 2. The molecule has 7 nitrogen and oxygen atoms in total. The van der Waals surface area contributed by atoms with Gasteiger partial charge in [0.25, 0.3) is 5.91 Å². The molecule has 0 spiro atoms. The lowest BCUT2D eigenvalue weighted by Gasteiger charge is -2.25. The number of aliphatic hydroxyl groups excluding tert-OH is 1. The number of amides is 1. The van der Waals surface area contributed by atoms with Crippen LogP contribution in [0.1, 0.15) is 32.4 Å². The number of ketones is 1. The molecule has 1 aliphatic heterocycles. The van der Waals surface area contributed by atoms with Crippen molar-refractivity contribution in [2.24, 2.45) is 0 Å². The Kier molecular flexibility index (Phi) is 5.82. The fourth-order valence-electron chi connectivity index (χ4n) is 4.38. The molecule has 1 unspecified atom stereocenters. The number of Topliss-reactive ketones (excluding diaryl/α,β-unsaturated/α-hetero) is 1. The van der Waals surface area contributed by atoms with Crippen LogP contribution < -0.4 is 14.4 Å². The molecule has 1 atom stereocenters. The number of ether oxygens (including phenoxy) is 2. The quantitative estimate of drug-likeness (QED) is 0.334. The number of carbonyl (C=O) groups is 2. The molecular formula is C26H22N2O5S2. The lowest BCUT2D eigenvalue weighted by Crippen LogP contribution is -2.31. The van der Waals surface area contributed by atoms with Crippen molar-refractivity contribution in [3.8, 4) is 11.5 Å². The molecule has 4 aromatic rings. The van der Waals surface area contributed by atoms with Gasteiger partial charge in [0, 0.05) is 0 Å². The van der Waals surface area contributed by atoms with Crippen molar-refractivity contribution < 1.29 is 24.2 Å². The number of rotatable bonds is 6. The number of fused-ring (bicyclic) bond motifs is 1. The summed E-state index contributed by atoms with van der Waals surface area (Å²) in [7, 11) is 3.05. The van der Waals surface area contributed by atoms with Crippen molar-refractivity contribution in [1.29, 1.82) is 0 Å². The Hall–Kier alpha value is -3.69. The van der Waals surface area contributed by atoms with Gasteiger partial charge in [0.2, 0.25) is 5.78 Å². The van der Waals surface area contributed by atoms with Crippen LogP contribution in [0, 0.1) is 13.8 Å². The zero-order chi connectivity index (χ0) is 24.9. The summed E-state index contributed by atoms with van der Waals surface area (Å²) in [5.41, 5.74) is 3.46. The number of anilines is 1. The molecule has 0 aliphatic carbocycles. The summed E-state index contributed by atoms with van der Waals surface area (Å²) in [6.45, 7) is 3.97. The molecule has 1 amide bonds. The van der Waals surface area contributed by atoms with Gasteiger partial charge in [0.1, 0.15) is 0 Å². The van der Waals surface area contributed by atoms with Gasteiger partial charge < -0.3 is 14.6 Å². The van der Waals surface area contributed by atoms with Crippen LogP contribution in [0.5, 0.6) is 11.5 Å². The van der Waals surface area contributed by atoms with E-state index in [-0.39, 0.29) is 5.57 Å². The van der Waals surface area contributed by atoms with Crippen molar-refractivity contribution >= 4 is 49.7 Å². The highest BCUT2D eigenvalue weighted by molar-refractivity contribution is 7.22. The Labute approximate surface area is 209 Å². The third-order valence-electron chi connectivity index (χ3n) is 5.95. The number of thiophene rings is 1. The second kappa shape index (κ2) is 8.83. The number of aromatic nitrogens is 1. The zero-order valence-corrected chi connectivity index (χ0v) is 21.1. The van der Waals surface area contributed by atoms with Crippen molar-refractivity contribution in [2.75, 3.05) is 19.1 Å². The summed E-state index contributed by atoms with van der Waals surface area (Å²) in [6.07, 6.45) is 0. The van der Waals surface area contributed by atoms with Crippen LogP contribution in [0.2, 0.25) is 0 Å². The van der Waals surface area contributed by atoms with Crippen LogP contribution in [0.25, 0.3) is 10.2 Å². The van der Waals surface area contributed by atoms with Crippen molar-refractivity contribution in [1.82, 2.24) is 4.98 Å². The minimum Gasteiger partial charge on any atom is -0.503 e. The normalized spacial score (nSPS) is 15.8. The van der Waals surface area contributed by atoms with Crippen molar-refractivity contribution in [3.63, 3.8) is 0 Å². The van der Waals surface area contributed by atoms with E-state index in [1.54, 1.807) is 35.7 Å². The number of thiazole rings is 1. The lowest BCUT2D eigenvalue weighted by atomic mass is 9.95. The van der Waals surface area contributed by atoms with Crippen LogP contribution in [-0.2, 0) is 4.79 Å². The predicted octanol–water partition coefficient (Wildman–Crippen LogP) is 5.77. The Morgan fingerprint density at radius 3 is 2.54 bits per heavy atom. The van der Waals surface area contributed by atoms with Gasteiger partial charge in [-0.15, -0.1) is 11.3 Å². The zero-order valence-electron chi connectivity index (χ0n) is 19.5. The lowest BCUT2D eigenvalue weighted by molar-refractivity contribution is -0.117. The maximum Gasteiger partial charge on any atom is 0.296 e. The predicted molar refractivity (Wildman–Crippen MR) is 137 cm³/mol. The highest BCUT2D eigenvalue weighted by Gasteiger charge is 2.46. The molecular weight excluding hydrogens is 484 g/mol. The number of hydrogen-bond donors (Lipinski definition) is 1. The number of hydrogen-bond acceptors (Lipinski definition) is 8. The molecule has 3 heterocycles. The van der Waals surface area contributed by atoms with Crippen molar-refractivity contribution in [2.45, 2.75) is 19.9 Å². The van der Waals surface area contributed by atoms with Crippen LogP contribution >= 0.6 is 22.7 Å². The minimum absolute atomic E-state index is 0.0110. The molecule has 0 saturated heterocycles. The van der Waals surface area contributed by atoms with E-state index in [1.807, 2.05) is 26.0 Å². The summed E-state index contributed by atoms with van der Waals surface area (Å²) >= 11 is 2.60. The van der Waals surface area contributed by atoms with Crippen molar-refractivity contribution in [3.05, 3.63) is 80.7 Å². The molecule has 1 aliphatic rings. The van der Waals surface area contributed by atoms with Crippen LogP contribution in [0.15, 0.2) is 59.2 Å². The minimum atomic E-state index is -0.890. The van der Waals surface area contributed by atoms with E-state index >= 15 is 0 Å². The van der Waals surface area contributed by atoms with Gasteiger partial charge in [-0.3, -0.25) is 14.5 Å². The van der Waals surface area contributed by atoms with Gasteiger partial charge in [-0.2, -0.15) is 0 Å². The average Bonchev–Trinajstić information content (AvgIpc) is 3.57. The van der Waals surface area contributed by atoms with E-state index in [0.29, 0.717) is 27.1 Å². The highest BCUT2D eigenvalue weighted by Crippen LogP contribution is 2.46. The van der Waals surface area contributed by atoms with Gasteiger partial charge in [-0.25, -0.2) is 4.98 Å². The fraction of sp³-hybridized carbons (Fsp3) is 0.192. The Bertz CT molecular complexity index is 1500. The van der Waals surface area contributed by atoms with E-state index in [2.05, 4.69) is 0 Å². The summed E-state index contributed by atoms with van der Waals surface area (Å²) in [6, 6.07) is 11.8.